The number of piperidine rings is 1. The third-order valence-corrected chi connectivity index (χ3v) is 4.85. The Labute approximate surface area is 195 Å². The maximum atomic E-state index is 14.0. The van der Waals surface area contributed by atoms with Gasteiger partial charge in [-0.1, -0.05) is 23.2 Å². The van der Waals surface area contributed by atoms with Gasteiger partial charge in [0.2, 0.25) is 11.9 Å². The number of anilines is 1. The minimum Gasteiger partial charge on any atom is -0.444 e. The van der Waals surface area contributed by atoms with Crippen LogP contribution in [0, 0.1) is 11.9 Å². The van der Waals surface area contributed by atoms with Gasteiger partial charge in [-0.25, -0.2) is 9.59 Å². The van der Waals surface area contributed by atoms with Gasteiger partial charge in [-0.2, -0.15) is 13.8 Å². The number of halogens is 4. The van der Waals surface area contributed by atoms with Gasteiger partial charge in [-0.3, -0.25) is 0 Å². The van der Waals surface area contributed by atoms with Crippen LogP contribution in [0.15, 0.2) is 0 Å². The molecule has 0 radical (unpaired) electrons. The van der Waals surface area contributed by atoms with Crippen molar-refractivity contribution < 1.29 is 27.8 Å². The Kier molecular flexibility index (Phi) is 8.04. The molecule has 2 rings (SSSR count). The SMILES string of the molecule is CC(C)(C)OC(=O)N[C@@H]1C[C@H](NC(=O)OC(C)(C)C)CN(c2c(Cl)c(F)nc(F)c2Cl)C1. The lowest BCUT2D eigenvalue weighted by Crippen LogP contribution is -2.58. The van der Waals surface area contributed by atoms with E-state index in [0.717, 1.165) is 0 Å². The lowest BCUT2D eigenvalue weighted by Gasteiger charge is -2.40. The first-order chi connectivity index (χ1) is 14.6. The number of carbonyl (C=O) groups is 2. The molecule has 32 heavy (non-hydrogen) atoms. The number of alkyl carbamates (subject to hydrolysis) is 2. The second-order valence-corrected chi connectivity index (χ2v) is 10.3. The van der Waals surface area contributed by atoms with Crippen LogP contribution < -0.4 is 15.5 Å². The molecule has 1 saturated heterocycles. The minimum atomic E-state index is -1.22. The summed E-state index contributed by atoms with van der Waals surface area (Å²) in [6.45, 7) is 10.5. The van der Waals surface area contributed by atoms with Crippen LogP contribution in [0.4, 0.5) is 24.1 Å². The Bertz CT molecular complexity index is 810. The summed E-state index contributed by atoms with van der Waals surface area (Å²) in [5.41, 5.74) is -1.57. The van der Waals surface area contributed by atoms with Crippen LogP contribution in [0.2, 0.25) is 10.0 Å². The predicted molar refractivity (Wildman–Crippen MR) is 117 cm³/mol. The highest BCUT2D eigenvalue weighted by Crippen LogP contribution is 2.37. The van der Waals surface area contributed by atoms with Gasteiger partial charge in [-0.05, 0) is 48.0 Å². The van der Waals surface area contributed by atoms with Gasteiger partial charge in [0.25, 0.3) is 0 Å². The Hall–Kier alpha value is -2.07. The maximum Gasteiger partial charge on any atom is 0.407 e. The second kappa shape index (κ2) is 9.82. The molecule has 2 atom stereocenters. The fourth-order valence-corrected chi connectivity index (χ4v) is 3.75. The largest absolute Gasteiger partial charge is 0.444 e. The summed E-state index contributed by atoms with van der Waals surface area (Å²) >= 11 is 12.1. The van der Waals surface area contributed by atoms with Crippen molar-refractivity contribution >= 4 is 41.1 Å². The van der Waals surface area contributed by atoms with Gasteiger partial charge in [0.1, 0.15) is 21.2 Å². The number of hydrogen-bond acceptors (Lipinski definition) is 6. The average Bonchev–Trinajstić information content (AvgIpc) is 2.56. The average molecular weight is 497 g/mol. The van der Waals surface area contributed by atoms with Gasteiger partial charge in [0.15, 0.2) is 0 Å². The molecule has 0 unspecified atom stereocenters. The molecule has 8 nitrogen and oxygen atoms in total. The number of nitrogens with zero attached hydrogens (tertiary/aromatic N) is 2. The molecule has 0 aromatic carbocycles. The zero-order valence-electron chi connectivity index (χ0n) is 18.8. The van der Waals surface area contributed by atoms with Crippen molar-refractivity contribution in [2.24, 2.45) is 0 Å². The molecule has 2 heterocycles. The van der Waals surface area contributed by atoms with Crippen LogP contribution in [0.5, 0.6) is 0 Å². The summed E-state index contributed by atoms with van der Waals surface area (Å²) < 4.78 is 38.6. The molecule has 1 fully saturated rings. The first kappa shape index (κ1) is 26.2. The fourth-order valence-electron chi connectivity index (χ4n) is 3.19. The highest BCUT2D eigenvalue weighted by molar-refractivity contribution is 6.39. The standard InChI is InChI=1S/C20H28Cl2F2N4O4/c1-19(2,3)31-17(29)25-10-7-11(26-18(30)32-20(4,5)6)9-28(8-10)14-12(21)15(23)27-16(24)13(14)22/h10-11H,7-9H2,1-6H3,(H,25,29)(H,26,30)/t10-,11+. The van der Waals surface area contributed by atoms with Gasteiger partial charge >= 0.3 is 12.2 Å². The molecule has 2 N–H and O–H groups in total. The van der Waals surface area contributed by atoms with Crippen molar-refractivity contribution in [2.75, 3.05) is 18.0 Å². The number of ether oxygens (including phenoxy) is 2. The fraction of sp³-hybridized carbons (Fsp3) is 0.650. The Morgan fingerprint density at radius 3 is 1.62 bits per heavy atom. The molecule has 1 aliphatic heterocycles. The summed E-state index contributed by atoms with van der Waals surface area (Å²) in [5, 5.41) is 4.49. The third kappa shape index (κ3) is 7.51. The van der Waals surface area contributed by atoms with Gasteiger partial charge in [-0.15, -0.1) is 0 Å². The summed E-state index contributed by atoms with van der Waals surface area (Å²) in [7, 11) is 0. The Morgan fingerprint density at radius 1 is 0.906 bits per heavy atom. The van der Waals surface area contributed by atoms with Crippen LogP contribution in [0.1, 0.15) is 48.0 Å². The molecule has 2 amide bonds. The molecule has 0 spiro atoms. The topological polar surface area (TPSA) is 92.8 Å². The molecule has 1 aliphatic rings. The predicted octanol–water partition coefficient (Wildman–Crippen LogP) is 4.66. The Morgan fingerprint density at radius 2 is 1.28 bits per heavy atom. The number of pyridine rings is 1. The summed E-state index contributed by atoms with van der Waals surface area (Å²) in [4.78, 5) is 29.1. The van der Waals surface area contributed by atoms with Gasteiger partial charge in [0.05, 0.1) is 17.8 Å². The number of hydrogen-bond donors (Lipinski definition) is 2. The first-order valence-electron chi connectivity index (χ1n) is 9.99. The minimum absolute atomic E-state index is 0.105. The van der Waals surface area contributed by atoms with Crippen molar-refractivity contribution in [1.82, 2.24) is 15.6 Å². The molecular weight excluding hydrogens is 469 g/mol. The smallest absolute Gasteiger partial charge is 0.407 e. The zero-order chi connectivity index (χ0) is 24.4. The molecular formula is C20H28Cl2F2N4O4. The van der Waals surface area contributed by atoms with Gasteiger partial charge in [0, 0.05) is 13.1 Å². The number of carbonyl (C=O) groups excluding carboxylic acids is 2. The van der Waals surface area contributed by atoms with E-state index in [0.29, 0.717) is 6.42 Å². The van der Waals surface area contributed by atoms with E-state index in [1.807, 2.05) is 0 Å². The van der Waals surface area contributed by atoms with E-state index in [9.17, 15) is 18.4 Å². The maximum absolute atomic E-state index is 14.0. The van der Waals surface area contributed by atoms with Crippen LogP contribution in [0.25, 0.3) is 0 Å². The lowest BCUT2D eigenvalue weighted by atomic mass is 10.00. The number of aromatic nitrogens is 1. The molecule has 12 heteroatoms. The highest BCUT2D eigenvalue weighted by Gasteiger charge is 2.34. The van der Waals surface area contributed by atoms with Crippen LogP contribution in [-0.2, 0) is 9.47 Å². The molecule has 0 bridgehead atoms. The molecule has 1 aromatic rings. The third-order valence-electron chi connectivity index (χ3n) is 4.18. The van der Waals surface area contributed by atoms with E-state index in [1.165, 1.54) is 4.90 Å². The second-order valence-electron chi connectivity index (χ2n) is 9.50. The summed E-state index contributed by atoms with van der Waals surface area (Å²) in [5.74, 6) is -2.44. The van der Waals surface area contributed by atoms with Gasteiger partial charge < -0.3 is 25.0 Å². The van der Waals surface area contributed by atoms with E-state index >= 15 is 0 Å². The quantitative estimate of drug-likeness (QED) is 0.591. The van der Waals surface area contributed by atoms with E-state index < -0.39 is 57.4 Å². The van der Waals surface area contributed by atoms with Crippen molar-refractivity contribution in [3.8, 4) is 0 Å². The normalized spacial score (nSPS) is 19.4. The number of nitrogens with one attached hydrogen (secondary N) is 2. The van der Waals surface area contributed by atoms with E-state index in [2.05, 4.69) is 15.6 Å². The molecule has 180 valence electrons. The van der Waals surface area contributed by atoms with Crippen LogP contribution in [-0.4, -0.2) is 53.5 Å². The molecule has 1 aromatic heterocycles. The van der Waals surface area contributed by atoms with Crippen LogP contribution >= 0.6 is 23.2 Å². The molecule has 0 aliphatic carbocycles. The van der Waals surface area contributed by atoms with E-state index in [-0.39, 0.29) is 18.8 Å². The number of amides is 2. The first-order valence-corrected chi connectivity index (χ1v) is 10.8. The van der Waals surface area contributed by atoms with Crippen molar-refractivity contribution in [1.29, 1.82) is 0 Å². The van der Waals surface area contributed by atoms with Crippen molar-refractivity contribution in [2.45, 2.75) is 71.2 Å². The van der Waals surface area contributed by atoms with Crippen molar-refractivity contribution in [3.63, 3.8) is 0 Å². The van der Waals surface area contributed by atoms with Crippen molar-refractivity contribution in [3.05, 3.63) is 21.9 Å². The monoisotopic (exact) mass is 496 g/mol. The van der Waals surface area contributed by atoms with E-state index in [4.69, 9.17) is 32.7 Å². The summed E-state index contributed by atoms with van der Waals surface area (Å²) in [6, 6.07) is -1.13. The van der Waals surface area contributed by atoms with E-state index in [1.54, 1.807) is 41.5 Å². The van der Waals surface area contributed by atoms with Crippen LogP contribution in [0.3, 0.4) is 0 Å². The summed E-state index contributed by atoms with van der Waals surface area (Å²) in [6.07, 6.45) is -1.05. The molecule has 0 saturated carbocycles. The number of rotatable bonds is 3. The lowest BCUT2D eigenvalue weighted by molar-refractivity contribution is 0.0476. The highest BCUT2D eigenvalue weighted by atomic mass is 35.5. The zero-order valence-corrected chi connectivity index (χ0v) is 20.3. The Balaban J connectivity index is 2.30.